The van der Waals surface area contributed by atoms with Crippen LogP contribution in [-0.4, -0.2) is 32.7 Å². The first-order valence-corrected chi connectivity index (χ1v) is 9.49. The number of thioether (sulfide) groups is 1. The highest BCUT2D eigenvalue weighted by Crippen LogP contribution is 2.33. The number of hydrogen-bond acceptors (Lipinski definition) is 5. The van der Waals surface area contributed by atoms with Crippen LogP contribution in [0, 0.1) is 5.82 Å². The zero-order valence-electron chi connectivity index (χ0n) is 14.2. The van der Waals surface area contributed by atoms with Crippen LogP contribution in [-0.2, 0) is 9.59 Å². The molecule has 2 heterocycles. The van der Waals surface area contributed by atoms with Crippen molar-refractivity contribution in [2.45, 2.75) is 19.3 Å². The van der Waals surface area contributed by atoms with Gasteiger partial charge in [0.05, 0.1) is 4.91 Å². The zero-order chi connectivity index (χ0) is 19.4. The summed E-state index contributed by atoms with van der Waals surface area (Å²) in [6, 6.07) is 9.44. The molecule has 0 atom stereocenters. The third kappa shape index (κ3) is 4.84. The molecule has 0 radical (unpaired) electrons. The summed E-state index contributed by atoms with van der Waals surface area (Å²) in [6.45, 7) is 0.397. The lowest BCUT2D eigenvalue weighted by Crippen LogP contribution is -2.29. The van der Waals surface area contributed by atoms with Crippen LogP contribution in [0.1, 0.15) is 25.0 Å². The van der Waals surface area contributed by atoms with Gasteiger partial charge < -0.3 is 9.52 Å². The quantitative estimate of drug-likeness (QED) is 0.414. The summed E-state index contributed by atoms with van der Waals surface area (Å²) in [5.74, 6) is -0.307. The van der Waals surface area contributed by atoms with Crippen molar-refractivity contribution >= 4 is 46.3 Å². The number of thiocarbonyl (C=S) groups is 1. The molecule has 0 bridgehead atoms. The molecule has 1 amide bonds. The molecule has 1 aliphatic rings. The highest BCUT2D eigenvalue weighted by molar-refractivity contribution is 8.26. The lowest BCUT2D eigenvalue weighted by atomic mass is 10.2. The van der Waals surface area contributed by atoms with Crippen molar-refractivity contribution in [3.63, 3.8) is 0 Å². The number of benzene rings is 1. The van der Waals surface area contributed by atoms with E-state index < -0.39 is 5.97 Å². The Kier molecular flexibility index (Phi) is 6.08. The maximum atomic E-state index is 13.0. The highest BCUT2D eigenvalue weighted by atomic mass is 32.2. The molecule has 2 aromatic rings. The number of amides is 1. The largest absolute Gasteiger partial charge is 0.481 e. The minimum absolute atomic E-state index is 0.0726. The van der Waals surface area contributed by atoms with E-state index in [0.717, 1.165) is 5.56 Å². The fourth-order valence-electron chi connectivity index (χ4n) is 2.57. The van der Waals surface area contributed by atoms with Gasteiger partial charge in [0.25, 0.3) is 5.91 Å². The minimum atomic E-state index is -0.852. The lowest BCUT2D eigenvalue weighted by molar-refractivity contribution is -0.137. The van der Waals surface area contributed by atoms with Crippen molar-refractivity contribution in [3.8, 4) is 11.3 Å². The van der Waals surface area contributed by atoms with E-state index in [4.69, 9.17) is 21.7 Å². The molecule has 1 saturated heterocycles. The van der Waals surface area contributed by atoms with Gasteiger partial charge in [0.1, 0.15) is 21.7 Å². The SMILES string of the molecule is O=C(O)CCCCN1C(=O)/C(=C/c2ccc(-c3ccc(F)cc3)o2)SC1=S. The fourth-order valence-corrected chi connectivity index (χ4v) is 3.86. The molecule has 3 rings (SSSR count). The summed E-state index contributed by atoms with van der Waals surface area (Å²) < 4.78 is 19.2. The predicted molar refractivity (Wildman–Crippen MR) is 105 cm³/mol. The van der Waals surface area contributed by atoms with Gasteiger partial charge in [0.15, 0.2) is 0 Å². The second-order valence-electron chi connectivity index (χ2n) is 5.89. The molecule has 140 valence electrons. The first-order chi connectivity index (χ1) is 12.9. The monoisotopic (exact) mass is 405 g/mol. The summed E-state index contributed by atoms with van der Waals surface area (Å²) in [5, 5.41) is 8.66. The second-order valence-corrected chi connectivity index (χ2v) is 7.57. The number of nitrogens with zero attached hydrogens (tertiary/aromatic N) is 1. The van der Waals surface area contributed by atoms with Crippen LogP contribution < -0.4 is 0 Å². The molecule has 0 aliphatic carbocycles. The molecule has 1 aromatic carbocycles. The Morgan fingerprint density at radius 1 is 1.22 bits per heavy atom. The van der Waals surface area contributed by atoms with E-state index in [1.165, 1.54) is 28.8 Å². The van der Waals surface area contributed by atoms with Gasteiger partial charge in [-0.3, -0.25) is 14.5 Å². The van der Waals surface area contributed by atoms with E-state index in [1.54, 1.807) is 30.3 Å². The fraction of sp³-hybridized carbons (Fsp3) is 0.211. The Morgan fingerprint density at radius 3 is 2.67 bits per heavy atom. The van der Waals surface area contributed by atoms with Gasteiger partial charge in [-0.25, -0.2) is 4.39 Å². The average Bonchev–Trinajstić information content (AvgIpc) is 3.19. The Hall–Kier alpha value is -2.45. The van der Waals surface area contributed by atoms with Crippen LogP contribution in [0.2, 0.25) is 0 Å². The summed E-state index contributed by atoms with van der Waals surface area (Å²) in [5.41, 5.74) is 0.738. The Bertz CT molecular complexity index is 905. The molecule has 1 aromatic heterocycles. The second kappa shape index (κ2) is 8.49. The highest BCUT2D eigenvalue weighted by Gasteiger charge is 2.31. The van der Waals surface area contributed by atoms with E-state index in [0.29, 0.717) is 40.1 Å². The molecule has 1 N–H and O–H groups in total. The van der Waals surface area contributed by atoms with Crippen LogP contribution in [0.3, 0.4) is 0 Å². The third-order valence-electron chi connectivity index (χ3n) is 3.92. The van der Waals surface area contributed by atoms with Gasteiger partial charge in [-0.1, -0.05) is 24.0 Å². The molecular weight excluding hydrogens is 389 g/mol. The molecule has 0 spiro atoms. The molecule has 1 fully saturated rings. The Labute approximate surface area is 164 Å². The van der Waals surface area contributed by atoms with Gasteiger partial charge >= 0.3 is 5.97 Å². The van der Waals surface area contributed by atoms with Gasteiger partial charge in [-0.15, -0.1) is 0 Å². The van der Waals surface area contributed by atoms with Crippen LogP contribution in [0.15, 0.2) is 45.7 Å². The number of unbranched alkanes of at least 4 members (excludes halogenated alkanes) is 1. The van der Waals surface area contributed by atoms with Crippen molar-refractivity contribution in [1.82, 2.24) is 4.90 Å². The van der Waals surface area contributed by atoms with Gasteiger partial charge in [-0.2, -0.15) is 0 Å². The minimum Gasteiger partial charge on any atom is -0.481 e. The van der Waals surface area contributed by atoms with Crippen molar-refractivity contribution in [2.75, 3.05) is 6.54 Å². The van der Waals surface area contributed by atoms with E-state index in [1.807, 2.05) is 0 Å². The van der Waals surface area contributed by atoms with Crippen molar-refractivity contribution in [2.24, 2.45) is 0 Å². The molecule has 0 unspecified atom stereocenters. The number of carboxylic acids is 1. The summed E-state index contributed by atoms with van der Waals surface area (Å²) in [7, 11) is 0. The van der Waals surface area contributed by atoms with Gasteiger partial charge in [-0.05, 0) is 49.2 Å². The van der Waals surface area contributed by atoms with E-state index >= 15 is 0 Å². The topological polar surface area (TPSA) is 70.8 Å². The van der Waals surface area contributed by atoms with Gasteiger partial charge in [0, 0.05) is 24.6 Å². The normalized spacial score (nSPS) is 15.7. The number of carbonyl (C=O) groups excluding carboxylic acids is 1. The molecule has 5 nitrogen and oxygen atoms in total. The first-order valence-electron chi connectivity index (χ1n) is 8.27. The summed E-state index contributed by atoms with van der Waals surface area (Å²) in [4.78, 5) is 25.0. The maximum absolute atomic E-state index is 13.0. The Morgan fingerprint density at radius 2 is 1.96 bits per heavy atom. The third-order valence-corrected chi connectivity index (χ3v) is 5.30. The zero-order valence-corrected chi connectivity index (χ0v) is 15.8. The molecule has 8 heteroatoms. The van der Waals surface area contributed by atoms with Crippen LogP contribution >= 0.6 is 24.0 Å². The van der Waals surface area contributed by atoms with Crippen LogP contribution in [0.25, 0.3) is 17.4 Å². The van der Waals surface area contributed by atoms with E-state index in [2.05, 4.69) is 0 Å². The Balaban J connectivity index is 1.67. The molecule has 27 heavy (non-hydrogen) atoms. The van der Waals surface area contributed by atoms with Crippen LogP contribution in [0.5, 0.6) is 0 Å². The summed E-state index contributed by atoms with van der Waals surface area (Å²) >= 11 is 6.44. The first kappa shape index (κ1) is 19.3. The standard InChI is InChI=1S/C19H16FNO4S2/c20-13-6-4-12(5-7-13)15-9-8-14(25-15)11-16-18(24)21(19(26)27-16)10-2-1-3-17(22)23/h4-9,11H,1-3,10H2,(H,22,23)/b16-11-. The van der Waals surface area contributed by atoms with Crippen molar-refractivity contribution in [1.29, 1.82) is 0 Å². The van der Waals surface area contributed by atoms with Gasteiger partial charge in [0.2, 0.25) is 0 Å². The smallest absolute Gasteiger partial charge is 0.303 e. The number of furan rings is 1. The van der Waals surface area contributed by atoms with Crippen LogP contribution in [0.4, 0.5) is 4.39 Å². The van der Waals surface area contributed by atoms with E-state index in [9.17, 15) is 14.0 Å². The number of hydrogen-bond donors (Lipinski definition) is 1. The average molecular weight is 405 g/mol. The van der Waals surface area contributed by atoms with Crippen molar-refractivity contribution < 1.29 is 23.5 Å². The number of halogens is 1. The summed E-state index contributed by atoms with van der Waals surface area (Å²) in [6.07, 6.45) is 2.76. The molecule has 0 saturated carbocycles. The maximum Gasteiger partial charge on any atom is 0.303 e. The molecule has 1 aliphatic heterocycles. The van der Waals surface area contributed by atoms with Crippen molar-refractivity contribution in [3.05, 3.63) is 52.9 Å². The predicted octanol–water partition coefficient (Wildman–Crippen LogP) is 4.54. The number of carboxylic acid groups (broad SMARTS) is 1. The number of carbonyl (C=O) groups is 2. The number of rotatable bonds is 7. The van der Waals surface area contributed by atoms with E-state index in [-0.39, 0.29) is 18.1 Å². The lowest BCUT2D eigenvalue weighted by Gasteiger charge is -2.13. The number of aliphatic carboxylic acids is 1. The molecular formula is C19H16FNO4S2.